The summed E-state index contributed by atoms with van der Waals surface area (Å²) in [5, 5.41) is 31.6. The molecule has 0 aliphatic rings. The molecule has 6 nitrogen and oxygen atoms in total. The van der Waals surface area contributed by atoms with Crippen molar-refractivity contribution in [3.8, 4) is 6.07 Å². The Morgan fingerprint density at radius 3 is 2.67 bits per heavy atom. The fourth-order valence-electron chi connectivity index (χ4n) is 1.33. The molecule has 2 rings (SSSR count). The monoisotopic (exact) mass is 202 g/mol. The van der Waals surface area contributed by atoms with Crippen molar-refractivity contribution in [1.29, 1.82) is 5.26 Å². The minimum atomic E-state index is -0.248. The molecular weight excluding hydrogens is 196 g/mol. The highest BCUT2D eigenvalue weighted by Gasteiger charge is 2.18. The zero-order valence-corrected chi connectivity index (χ0v) is 7.54. The van der Waals surface area contributed by atoms with Gasteiger partial charge in [-0.05, 0) is 6.07 Å². The van der Waals surface area contributed by atoms with E-state index < -0.39 is 0 Å². The van der Waals surface area contributed by atoms with Crippen LogP contribution in [0.2, 0.25) is 0 Å². The summed E-state index contributed by atoms with van der Waals surface area (Å²) in [7, 11) is 0. The summed E-state index contributed by atoms with van der Waals surface area (Å²) in [5.74, 6) is 0. The maximum absolute atomic E-state index is 11.5. The average Bonchev–Trinajstić information content (AvgIpc) is 2.23. The molecule has 0 saturated carbocycles. The van der Waals surface area contributed by atoms with E-state index in [4.69, 9.17) is 11.0 Å². The Bertz CT molecular complexity index is 589. The standard InChI is InChI=1S/C9H6N4O2/c10-4-7-5-12(14)9-3-6(11)1-2-8(9)13(7)15/h1-3,5H,11H2. The zero-order chi connectivity index (χ0) is 11.0. The number of nitrogens with two attached hydrogens (primary N) is 1. The molecule has 1 aromatic heterocycles. The van der Waals surface area contributed by atoms with E-state index in [-0.39, 0.29) is 16.7 Å². The fourth-order valence-corrected chi connectivity index (χ4v) is 1.33. The van der Waals surface area contributed by atoms with Crippen molar-refractivity contribution in [3.05, 3.63) is 40.5 Å². The van der Waals surface area contributed by atoms with Gasteiger partial charge in [0, 0.05) is 17.8 Å². The number of rotatable bonds is 0. The van der Waals surface area contributed by atoms with Crippen LogP contribution in [0.5, 0.6) is 0 Å². The van der Waals surface area contributed by atoms with Gasteiger partial charge in [-0.2, -0.15) is 9.99 Å². The Hall–Kier alpha value is -2.55. The van der Waals surface area contributed by atoms with E-state index in [1.807, 2.05) is 0 Å². The summed E-state index contributed by atoms with van der Waals surface area (Å²) >= 11 is 0. The van der Waals surface area contributed by atoms with Crippen molar-refractivity contribution in [2.45, 2.75) is 0 Å². The number of nitriles is 1. The lowest BCUT2D eigenvalue weighted by molar-refractivity contribution is -0.630. The zero-order valence-electron chi connectivity index (χ0n) is 7.54. The van der Waals surface area contributed by atoms with Gasteiger partial charge in [0.05, 0.1) is 0 Å². The molecule has 74 valence electrons. The van der Waals surface area contributed by atoms with Gasteiger partial charge in [0.2, 0.25) is 0 Å². The Kier molecular flexibility index (Phi) is 1.80. The topological polar surface area (TPSA) is 104 Å². The van der Waals surface area contributed by atoms with Crippen molar-refractivity contribution in [3.63, 3.8) is 0 Å². The molecule has 0 unspecified atom stereocenters. The van der Waals surface area contributed by atoms with Gasteiger partial charge in [-0.25, -0.2) is 0 Å². The first-order valence-electron chi connectivity index (χ1n) is 4.08. The van der Waals surface area contributed by atoms with E-state index in [2.05, 4.69) is 0 Å². The first-order chi connectivity index (χ1) is 7.13. The van der Waals surface area contributed by atoms with E-state index in [1.54, 1.807) is 6.07 Å². The highest BCUT2D eigenvalue weighted by atomic mass is 16.5. The van der Waals surface area contributed by atoms with E-state index >= 15 is 0 Å². The Morgan fingerprint density at radius 2 is 2.00 bits per heavy atom. The Morgan fingerprint density at radius 1 is 1.27 bits per heavy atom. The van der Waals surface area contributed by atoms with Crippen LogP contribution in [0, 0.1) is 21.7 Å². The van der Waals surface area contributed by atoms with E-state index in [1.165, 1.54) is 18.2 Å². The van der Waals surface area contributed by atoms with Gasteiger partial charge in [-0.3, -0.25) is 0 Å². The number of nitrogens with zero attached hydrogens (tertiary/aromatic N) is 3. The second-order valence-electron chi connectivity index (χ2n) is 2.99. The first-order valence-corrected chi connectivity index (χ1v) is 4.08. The summed E-state index contributed by atoms with van der Waals surface area (Å²) in [6.45, 7) is 0. The smallest absolute Gasteiger partial charge is 0.360 e. The Labute approximate surface area is 84.6 Å². The molecule has 2 N–H and O–H groups in total. The van der Waals surface area contributed by atoms with Gasteiger partial charge in [0.1, 0.15) is 0 Å². The summed E-state index contributed by atoms with van der Waals surface area (Å²) < 4.78 is 0.863. The highest BCUT2D eigenvalue weighted by molar-refractivity contribution is 5.72. The minimum Gasteiger partial charge on any atom is -0.618 e. The van der Waals surface area contributed by atoms with Gasteiger partial charge in [-0.15, -0.1) is 4.73 Å². The largest absolute Gasteiger partial charge is 0.618 e. The lowest BCUT2D eigenvalue weighted by Crippen LogP contribution is -2.40. The van der Waals surface area contributed by atoms with E-state index in [0.29, 0.717) is 15.1 Å². The van der Waals surface area contributed by atoms with Crippen LogP contribution in [-0.2, 0) is 0 Å². The van der Waals surface area contributed by atoms with Gasteiger partial charge < -0.3 is 16.1 Å². The molecule has 0 atom stereocenters. The van der Waals surface area contributed by atoms with Crippen LogP contribution in [0.4, 0.5) is 5.69 Å². The number of fused-ring (bicyclic) bond motifs is 1. The maximum atomic E-state index is 11.5. The van der Waals surface area contributed by atoms with Crippen LogP contribution in [0.25, 0.3) is 11.0 Å². The quantitative estimate of drug-likeness (QED) is 0.355. The molecule has 0 saturated heterocycles. The van der Waals surface area contributed by atoms with Gasteiger partial charge in [0.15, 0.2) is 6.07 Å². The fraction of sp³-hybridized carbons (Fsp3) is 0. The van der Waals surface area contributed by atoms with Crippen LogP contribution in [0.15, 0.2) is 24.4 Å². The number of nitrogen functional groups attached to an aromatic ring is 1. The van der Waals surface area contributed by atoms with Crippen molar-refractivity contribution >= 4 is 16.7 Å². The average molecular weight is 202 g/mol. The summed E-state index contributed by atoms with van der Waals surface area (Å²) in [4.78, 5) is 0. The molecule has 6 heteroatoms. The minimum absolute atomic E-state index is 0.123. The molecule has 0 fully saturated rings. The molecule has 0 radical (unpaired) electrons. The molecule has 2 aromatic rings. The summed E-state index contributed by atoms with van der Waals surface area (Å²) in [6.07, 6.45) is 0.925. The first kappa shape index (κ1) is 9.02. The van der Waals surface area contributed by atoms with Gasteiger partial charge in [0.25, 0.3) is 17.2 Å². The number of aromatic nitrogens is 2. The molecule has 15 heavy (non-hydrogen) atoms. The number of hydrogen-bond acceptors (Lipinski definition) is 4. The predicted molar refractivity (Wildman–Crippen MR) is 51.0 cm³/mol. The van der Waals surface area contributed by atoms with Crippen LogP contribution in [0.3, 0.4) is 0 Å². The van der Waals surface area contributed by atoms with Crippen LogP contribution in [-0.4, -0.2) is 0 Å². The Balaban J connectivity index is 2.94. The third-order valence-electron chi connectivity index (χ3n) is 2.03. The number of anilines is 1. The predicted octanol–water partition coefficient (Wildman–Crippen LogP) is -0.440. The molecule has 1 aromatic carbocycles. The van der Waals surface area contributed by atoms with Crippen LogP contribution >= 0.6 is 0 Å². The lowest BCUT2D eigenvalue weighted by atomic mass is 10.2. The molecule has 0 bridgehead atoms. The van der Waals surface area contributed by atoms with E-state index in [9.17, 15) is 10.4 Å². The molecule has 0 amide bonds. The molecule has 1 heterocycles. The molecular formula is C9H6N4O2. The number of benzene rings is 1. The van der Waals surface area contributed by atoms with Crippen molar-refractivity contribution in [2.24, 2.45) is 0 Å². The summed E-state index contributed by atoms with van der Waals surface area (Å²) in [5.41, 5.74) is 5.89. The van der Waals surface area contributed by atoms with Crippen LogP contribution < -0.4 is 15.2 Å². The van der Waals surface area contributed by atoms with E-state index in [0.717, 1.165) is 6.20 Å². The third-order valence-corrected chi connectivity index (χ3v) is 2.03. The maximum Gasteiger partial charge on any atom is 0.360 e. The van der Waals surface area contributed by atoms with Crippen molar-refractivity contribution in [2.75, 3.05) is 5.73 Å². The third kappa shape index (κ3) is 1.26. The number of hydrogen-bond donors (Lipinski definition) is 1. The SMILES string of the molecule is N#Cc1c[n+]([O-])c2cc(N)ccc2[n+]1[O-]. The molecule has 0 aliphatic carbocycles. The van der Waals surface area contributed by atoms with Crippen molar-refractivity contribution in [1.82, 2.24) is 0 Å². The lowest BCUT2D eigenvalue weighted by Gasteiger charge is -2.04. The second-order valence-corrected chi connectivity index (χ2v) is 2.99. The normalized spacial score (nSPS) is 10.1. The van der Waals surface area contributed by atoms with Gasteiger partial charge in [-0.1, -0.05) is 0 Å². The van der Waals surface area contributed by atoms with Crippen LogP contribution in [0.1, 0.15) is 5.69 Å². The summed E-state index contributed by atoms with van der Waals surface area (Å²) in [6, 6.07) is 5.94. The highest BCUT2D eigenvalue weighted by Crippen LogP contribution is 2.10. The molecule has 0 spiro atoms. The second kappa shape index (κ2) is 2.99. The molecule has 0 aliphatic heterocycles. The van der Waals surface area contributed by atoms with Crippen molar-refractivity contribution < 1.29 is 9.46 Å². The van der Waals surface area contributed by atoms with Gasteiger partial charge >= 0.3 is 5.69 Å².